The SMILES string of the molecule is CN(CC(C)(C)C)c1cc(Br)ccc1CNC(C)(C)C. The van der Waals surface area contributed by atoms with Crippen LogP contribution in [0.4, 0.5) is 5.69 Å². The summed E-state index contributed by atoms with van der Waals surface area (Å²) >= 11 is 3.59. The Morgan fingerprint density at radius 2 is 1.70 bits per heavy atom. The lowest BCUT2D eigenvalue weighted by Crippen LogP contribution is -2.36. The Bertz CT molecular complexity index is 441. The molecule has 0 saturated carbocycles. The topological polar surface area (TPSA) is 15.3 Å². The predicted molar refractivity (Wildman–Crippen MR) is 93.5 cm³/mol. The van der Waals surface area contributed by atoms with Gasteiger partial charge >= 0.3 is 0 Å². The smallest absolute Gasteiger partial charge is 0.0420 e. The van der Waals surface area contributed by atoms with Crippen LogP contribution in [-0.2, 0) is 6.54 Å². The Morgan fingerprint density at radius 1 is 1.10 bits per heavy atom. The van der Waals surface area contributed by atoms with Crippen LogP contribution < -0.4 is 10.2 Å². The molecule has 0 radical (unpaired) electrons. The molecule has 0 atom stereocenters. The van der Waals surface area contributed by atoms with Crippen LogP contribution >= 0.6 is 15.9 Å². The maximum absolute atomic E-state index is 3.59. The fourth-order valence-corrected chi connectivity index (χ4v) is 2.55. The summed E-state index contributed by atoms with van der Waals surface area (Å²) in [7, 11) is 2.17. The van der Waals surface area contributed by atoms with E-state index < -0.39 is 0 Å². The molecule has 1 N–H and O–H groups in total. The number of nitrogens with one attached hydrogen (secondary N) is 1. The zero-order valence-electron chi connectivity index (χ0n) is 14.0. The Morgan fingerprint density at radius 3 is 2.20 bits per heavy atom. The minimum absolute atomic E-state index is 0.132. The number of benzene rings is 1. The Balaban J connectivity index is 2.95. The molecule has 0 bridgehead atoms. The molecule has 0 spiro atoms. The van der Waals surface area contributed by atoms with Gasteiger partial charge < -0.3 is 10.2 Å². The highest BCUT2D eigenvalue weighted by Gasteiger charge is 2.17. The zero-order valence-corrected chi connectivity index (χ0v) is 15.6. The van der Waals surface area contributed by atoms with Gasteiger partial charge in [0.1, 0.15) is 0 Å². The first-order valence-corrected chi connectivity index (χ1v) is 8.02. The highest BCUT2D eigenvalue weighted by molar-refractivity contribution is 9.10. The van der Waals surface area contributed by atoms with Gasteiger partial charge in [-0.1, -0.05) is 42.8 Å². The van der Waals surface area contributed by atoms with E-state index in [4.69, 9.17) is 0 Å². The van der Waals surface area contributed by atoms with Gasteiger partial charge in [0.2, 0.25) is 0 Å². The highest BCUT2D eigenvalue weighted by atomic mass is 79.9. The predicted octanol–water partition coefficient (Wildman–Crippen LogP) is 4.82. The molecule has 0 aliphatic heterocycles. The first-order chi connectivity index (χ1) is 8.98. The van der Waals surface area contributed by atoms with Crippen LogP contribution in [0.25, 0.3) is 0 Å². The minimum atomic E-state index is 0.132. The molecular weight excluding hydrogens is 312 g/mol. The molecule has 2 nitrogen and oxygen atoms in total. The molecule has 0 aliphatic carbocycles. The second-order valence-corrected chi connectivity index (χ2v) is 8.71. The Labute approximate surface area is 133 Å². The van der Waals surface area contributed by atoms with Crippen LogP contribution in [0, 0.1) is 5.41 Å². The van der Waals surface area contributed by atoms with Gasteiger partial charge in [-0.05, 0) is 43.9 Å². The van der Waals surface area contributed by atoms with Gasteiger partial charge in [-0.25, -0.2) is 0 Å². The maximum Gasteiger partial charge on any atom is 0.0420 e. The van der Waals surface area contributed by atoms with Crippen LogP contribution in [0.2, 0.25) is 0 Å². The molecule has 0 heterocycles. The van der Waals surface area contributed by atoms with Crippen LogP contribution in [0.15, 0.2) is 22.7 Å². The number of hydrogen-bond donors (Lipinski definition) is 1. The van der Waals surface area contributed by atoms with E-state index in [0.29, 0.717) is 0 Å². The lowest BCUT2D eigenvalue weighted by atomic mass is 9.95. The van der Waals surface area contributed by atoms with Gasteiger partial charge in [0.05, 0.1) is 0 Å². The first kappa shape index (κ1) is 17.5. The second-order valence-electron chi connectivity index (χ2n) is 7.79. The molecule has 3 heteroatoms. The fraction of sp³-hybridized carbons (Fsp3) is 0.647. The van der Waals surface area contributed by atoms with E-state index in [1.54, 1.807) is 0 Å². The van der Waals surface area contributed by atoms with Crippen molar-refractivity contribution in [2.24, 2.45) is 5.41 Å². The summed E-state index contributed by atoms with van der Waals surface area (Å²) in [5, 5.41) is 3.57. The Hall–Kier alpha value is -0.540. The fourth-order valence-electron chi connectivity index (χ4n) is 2.20. The van der Waals surface area contributed by atoms with Crippen LogP contribution in [0.5, 0.6) is 0 Å². The number of rotatable bonds is 4. The maximum atomic E-state index is 3.59. The quantitative estimate of drug-likeness (QED) is 0.845. The summed E-state index contributed by atoms with van der Waals surface area (Å²) in [5.41, 5.74) is 3.06. The average Bonchev–Trinajstić information content (AvgIpc) is 2.23. The van der Waals surface area contributed by atoms with Gasteiger partial charge in [0.15, 0.2) is 0 Å². The van der Waals surface area contributed by atoms with Crippen molar-refractivity contribution in [1.29, 1.82) is 0 Å². The van der Waals surface area contributed by atoms with Crippen molar-refractivity contribution in [1.82, 2.24) is 5.32 Å². The minimum Gasteiger partial charge on any atom is -0.374 e. The normalized spacial score (nSPS) is 12.6. The van der Waals surface area contributed by atoms with Crippen molar-refractivity contribution in [3.05, 3.63) is 28.2 Å². The van der Waals surface area contributed by atoms with Gasteiger partial charge in [0.25, 0.3) is 0 Å². The zero-order chi connectivity index (χ0) is 15.6. The third-order valence-electron chi connectivity index (χ3n) is 2.98. The average molecular weight is 341 g/mol. The van der Waals surface area contributed by atoms with Crippen LogP contribution in [-0.4, -0.2) is 19.1 Å². The van der Waals surface area contributed by atoms with Gasteiger partial charge in [-0.3, -0.25) is 0 Å². The summed E-state index contributed by atoms with van der Waals surface area (Å²) < 4.78 is 1.13. The molecule has 0 aromatic heterocycles. The molecule has 0 saturated heterocycles. The van der Waals surface area contributed by atoms with Crippen LogP contribution in [0.3, 0.4) is 0 Å². The monoisotopic (exact) mass is 340 g/mol. The van der Waals surface area contributed by atoms with E-state index in [1.165, 1.54) is 11.3 Å². The van der Waals surface area contributed by atoms with Crippen molar-refractivity contribution in [3.63, 3.8) is 0 Å². The standard InChI is InChI=1S/C17H29BrN2/c1-16(2,3)12-20(7)15-10-14(18)9-8-13(15)11-19-17(4,5)6/h8-10,19H,11-12H2,1-7H3. The molecule has 1 rings (SSSR count). The van der Waals surface area contributed by atoms with E-state index in [2.05, 4.69) is 92.9 Å². The molecule has 0 fully saturated rings. The molecule has 0 amide bonds. The largest absolute Gasteiger partial charge is 0.374 e. The number of nitrogens with zero attached hydrogens (tertiary/aromatic N) is 1. The molecule has 114 valence electrons. The Kier molecular flexibility index (Phi) is 5.68. The molecule has 1 aromatic rings. The van der Waals surface area contributed by atoms with Crippen molar-refractivity contribution < 1.29 is 0 Å². The van der Waals surface area contributed by atoms with Gasteiger partial charge in [-0.2, -0.15) is 0 Å². The lowest BCUT2D eigenvalue weighted by molar-refractivity contribution is 0.414. The van der Waals surface area contributed by atoms with Crippen molar-refractivity contribution in [3.8, 4) is 0 Å². The van der Waals surface area contributed by atoms with Crippen LogP contribution in [0.1, 0.15) is 47.1 Å². The summed E-state index contributed by atoms with van der Waals surface area (Å²) in [5.74, 6) is 0. The summed E-state index contributed by atoms with van der Waals surface area (Å²) in [4.78, 5) is 2.35. The van der Waals surface area contributed by atoms with E-state index in [-0.39, 0.29) is 11.0 Å². The molecule has 0 aliphatic rings. The number of halogens is 1. The molecular formula is C17H29BrN2. The number of anilines is 1. The van der Waals surface area contributed by atoms with Gasteiger partial charge in [0, 0.05) is 35.8 Å². The lowest BCUT2D eigenvalue weighted by Gasteiger charge is -2.31. The number of hydrogen-bond acceptors (Lipinski definition) is 2. The van der Waals surface area contributed by atoms with E-state index in [0.717, 1.165) is 17.6 Å². The van der Waals surface area contributed by atoms with Gasteiger partial charge in [-0.15, -0.1) is 0 Å². The third kappa shape index (κ3) is 6.27. The summed E-state index contributed by atoms with van der Waals surface area (Å²) in [6.07, 6.45) is 0. The van der Waals surface area contributed by atoms with E-state index in [9.17, 15) is 0 Å². The third-order valence-corrected chi connectivity index (χ3v) is 3.47. The van der Waals surface area contributed by atoms with Crippen molar-refractivity contribution in [2.45, 2.75) is 53.6 Å². The van der Waals surface area contributed by atoms with E-state index >= 15 is 0 Å². The summed E-state index contributed by atoms with van der Waals surface area (Å²) in [6, 6.07) is 6.54. The molecule has 1 aromatic carbocycles. The molecule has 0 unspecified atom stereocenters. The highest BCUT2D eigenvalue weighted by Crippen LogP contribution is 2.27. The first-order valence-electron chi connectivity index (χ1n) is 7.22. The van der Waals surface area contributed by atoms with Crippen molar-refractivity contribution >= 4 is 21.6 Å². The van der Waals surface area contributed by atoms with E-state index in [1.807, 2.05) is 0 Å². The summed E-state index contributed by atoms with van der Waals surface area (Å²) in [6.45, 7) is 15.3. The molecule has 20 heavy (non-hydrogen) atoms. The van der Waals surface area contributed by atoms with Crippen molar-refractivity contribution in [2.75, 3.05) is 18.5 Å². The second kappa shape index (κ2) is 6.48.